The van der Waals surface area contributed by atoms with Crippen LogP contribution in [-0.2, 0) is 4.79 Å². The highest BCUT2D eigenvalue weighted by Crippen LogP contribution is 2.24. The van der Waals surface area contributed by atoms with Gasteiger partial charge in [-0.3, -0.25) is 9.59 Å². The van der Waals surface area contributed by atoms with E-state index in [1.165, 1.54) is 0 Å². The molecule has 1 heterocycles. The van der Waals surface area contributed by atoms with Crippen LogP contribution in [0.2, 0.25) is 0 Å². The maximum atomic E-state index is 12.9. The van der Waals surface area contributed by atoms with E-state index in [0.29, 0.717) is 30.1 Å². The molecule has 0 aliphatic carbocycles. The SMILES string of the molecule is O=C(COc1ccccc1C(=O)N1CCCC(CO)C1)Nc1ccc(Br)cc1. The van der Waals surface area contributed by atoms with E-state index in [2.05, 4.69) is 21.2 Å². The largest absolute Gasteiger partial charge is 0.483 e. The van der Waals surface area contributed by atoms with Crippen molar-refractivity contribution in [2.45, 2.75) is 12.8 Å². The number of hydrogen-bond donors (Lipinski definition) is 2. The minimum absolute atomic E-state index is 0.0815. The Morgan fingerprint density at radius 2 is 1.93 bits per heavy atom. The topological polar surface area (TPSA) is 78.9 Å². The number of carbonyl (C=O) groups excluding carboxylic acids is 2. The summed E-state index contributed by atoms with van der Waals surface area (Å²) in [4.78, 5) is 26.8. The predicted molar refractivity (Wildman–Crippen MR) is 110 cm³/mol. The molecule has 1 fully saturated rings. The first-order valence-electron chi connectivity index (χ1n) is 9.24. The molecule has 2 aromatic carbocycles. The molecule has 1 unspecified atom stereocenters. The Kier molecular flexibility index (Phi) is 7.06. The number of piperidine rings is 1. The molecule has 0 saturated carbocycles. The van der Waals surface area contributed by atoms with Gasteiger partial charge in [0.1, 0.15) is 5.75 Å². The standard InChI is InChI=1S/C21H23BrN2O4/c22-16-7-9-17(10-8-16)23-20(26)14-28-19-6-2-1-5-18(19)21(27)24-11-3-4-15(12-24)13-25/h1-2,5-10,15,25H,3-4,11-14H2,(H,23,26). The molecular weight excluding hydrogens is 424 g/mol. The zero-order valence-electron chi connectivity index (χ0n) is 15.4. The number of aliphatic hydroxyl groups is 1. The normalized spacial score (nSPS) is 16.5. The second-order valence-corrected chi connectivity index (χ2v) is 7.70. The average Bonchev–Trinajstić information content (AvgIpc) is 2.73. The van der Waals surface area contributed by atoms with E-state index in [-0.39, 0.29) is 30.9 Å². The molecule has 0 bridgehead atoms. The number of nitrogens with one attached hydrogen (secondary N) is 1. The van der Waals surface area contributed by atoms with Crippen molar-refractivity contribution < 1.29 is 19.4 Å². The van der Waals surface area contributed by atoms with Crippen LogP contribution in [-0.4, -0.2) is 48.1 Å². The van der Waals surface area contributed by atoms with Gasteiger partial charge in [-0.25, -0.2) is 0 Å². The van der Waals surface area contributed by atoms with Gasteiger partial charge < -0.3 is 20.1 Å². The lowest BCUT2D eigenvalue weighted by Crippen LogP contribution is -2.41. The molecule has 6 nitrogen and oxygen atoms in total. The minimum atomic E-state index is -0.303. The third kappa shape index (κ3) is 5.33. The van der Waals surface area contributed by atoms with Crippen LogP contribution in [0.4, 0.5) is 5.69 Å². The van der Waals surface area contributed by atoms with Crippen LogP contribution < -0.4 is 10.1 Å². The summed E-state index contributed by atoms with van der Waals surface area (Å²) >= 11 is 3.35. The number of aliphatic hydroxyl groups excluding tert-OH is 1. The lowest BCUT2D eigenvalue weighted by atomic mass is 9.98. The first-order chi connectivity index (χ1) is 13.6. The smallest absolute Gasteiger partial charge is 0.262 e. The van der Waals surface area contributed by atoms with Crippen LogP contribution in [0.25, 0.3) is 0 Å². The Bertz CT molecular complexity index is 825. The summed E-state index contributed by atoms with van der Waals surface area (Å²) in [6.45, 7) is 1.08. The first kappa shape index (κ1) is 20.4. The van der Waals surface area contributed by atoms with Gasteiger partial charge in [0.05, 0.1) is 5.56 Å². The maximum Gasteiger partial charge on any atom is 0.262 e. The highest BCUT2D eigenvalue weighted by Gasteiger charge is 2.26. The number of hydrogen-bond acceptors (Lipinski definition) is 4. The number of anilines is 1. The lowest BCUT2D eigenvalue weighted by Gasteiger charge is -2.32. The molecule has 148 valence electrons. The summed E-state index contributed by atoms with van der Waals surface area (Å²) < 4.78 is 6.57. The molecule has 2 N–H and O–H groups in total. The summed E-state index contributed by atoms with van der Waals surface area (Å²) in [7, 11) is 0. The summed E-state index contributed by atoms with van der Waals surface area (Å²) in [6.07, 6.45) is 1.80. The van der Waals surface area contributed by atoms with Crippen molar-refractivity contribution in [3.05, 3.63) is 58.6 Å². The molecule has 1 aliphatic rings. The van der Waals surface area contributed by atoms with E-state index in [1.807, 2.05) is 12.1 Å². The third-order valence-electron chi connectivity index (χ3n) is 4.67. The van der Waals surface area contributed by atoms with Crippen LogP contribution in [0.15, 0.2) is 53.0 Å². The van der Waals surface area contributed by atoms with Gasteiger partial charge in [0.25, 0.3) is 11.8 Å². The van der Waals surface area contributed by atoms with E-state index in [1.54, 1.807) is 41.3 Å². The molecule has 1 saturated heterocycles. The van der Waals surface area contributed by atoms with E-state index in [4.69, 9.17) is 4.74 Å². The molecule has 0 spiro atoms. The number of carbonyl (C=O) groups is 2. The summed E-state index contributed by atoms with van der Waals surface area (Å²) in [6, 6.07) is 14.2. The fraction of sp³-hybridized carbons (Fsp3) is 0.333. The first-order valence-corrected chi connectivity index (χ1v) is 10.0. The highest BCUT2D eigenvalue weighted by molar-refractivity contribution is 9.10. The Morgan fingerprint density at radius 3 is 2.68 bits per heavy atom. The van der Waals surface area contributed by atoms with E-state index in [9.17, 15) is 14.7 Å². The van der Waals surface area contributed by atoms with Crippen LogP contribution >= 0.6 is 15.9 Å². The van der Waals surface area contributed by atoms with Gasteiger partial charge in [-0.2, -0.15) is 0 Å². The number of ether oxygens (including phenoxy) is 1. The Balaban J connectivity index is 1.62. The zero-order chi connectivity index (χ0) is 19.9. The Hall–Kier alpha value is -2.38. The van der Waals surface area contributed by atoms with E-state index in [0.717, 1.165) is 17.3 Å². The Morgan fingerprint density at radius 1 is 1.18 bits per heavy atom. The molecule has 2 aromatic rings. The van der Waals surface area contributed by atoms with E-state index < -0.39 is 0 Å². The molecule has 0 aromatic heterocycles. The monoisotopic (exact) mass is 446 g/mol. The van der Waals surface area contributed by atoms with Crippen LogP contribution in [0.3, 0.4) is 0 Å². The van der Waals surface area contributed by atoms with Gasteiger partial charge in [-0.1, -0.05) is 28.1 Å². The molecular formula is C21H23BrN2O4. The van der Waals surface area contributed by atoms with Crippen molar-refractivity contribution in [2.24, 2.45) is 5.92 Å². The maximum absolute atomic E-state index is 12.9. The van der Waals surface area contributed by atoms with Crippen LogP contribution in [0.1, 0.15) is 23.2 Å². The summed E-state index contributed by atoms with van der Waals surface area (Å²) in [5.41, 5.74) is 1.10. The highest BCUT2D eigenvalue weighted by atomic mass is 79.9. The van der Waals surface area contributed by atoms with Gasteiger partial charge >= 0.3 is 0 Å². The van der Waals surface area contributed by atoms with Crippen molar-refractivity contribution in [1.29, 1.82) is 0 Å². The second-order valence-electron chi connectivity index (χ2n) is 6.78. The van der Waals surface area contributed by atoms with Crippen molar-refractivity contribution in [3.8, 4) is 5.75 Å². The predicted octanol–water partition coefficient (Wildman–Crippen LogP) is 3.31. The van der Waals surface area contributed by atoms with Crippen LogP contribution in [0.5, 0.6) is 5.75 Å². The van der Waals surface area contributed by atoms with Crippen molar-refractivity contribution >= 4 is 33.4 Å². The number of amides is 2. The average molecular weight is 447 g/mol. The van der Waals surface area contributed by atoms with Gasteiger partial charge in [0.2, 0.25) is 0 Å². The number of nitrogens with zero attached hydrogens (tertiary/aromatic N) is 1. The summed E-state index contributed by atoms with van der Waals surface area (Å²) in [5, 5.41) is 12.1. The van der Waals surface area contributed by atoms with Crippen molar-refractivity contribution in [2.75, 3.05) is 31.6 Å². The molecule has 7 heteroatoms. The van der Waals surface area contributed by atoms with Gasteiger partial charge in [0, 0.05) is 29.9 Å². The molecule has 1 aliphatic heterocycles. The van der Waals surface area contributed by atoms with E-state index >= 15 is 0 Å². The molecule has 28 heavy (non-hydrogen) atoms. The molecule has 2 amide bonds. The number of benzene rings is 2. The number of halogens is 1. The fourth-order valence-electron chi connectivity index (χ4n) is 3.21. The minimum Gasteiger partial charge on any atom is -0.483 e. The van der Waals surface area contributed by atoms with Crippen LogP contribution in [0, 0.1) is 5.92 Å². The lowest BCUT2D eigenvalue weighted by molar-refractivity contribution is -0.118. The number of rotatable bonds is 6. The van der Waals surface area contributed by atoms with Crippen molar-refractivity contribution in [1.82, 2.24) is 4.90 Å². The van der Waals surface area contributed by atoms with Gasteiger partial charge in [0.15, 0.2) is 6.61 Å². The Labute approximate surface area is 172 Å². The second kappa shape index (κ2) is 9.71. The number of likely N-dealkylation sites (tertiary alicyclic amines) is 1. The van der Waals surface area contributed by atoms with Gasteiger partial charge in [-0.15, -0.1) is 0 Å². The molecule has 0 radical (unpaired) electrons. The fourth-order valence-corrected chi connectivity index (χ4v) is 3.48. The third-order valence-corrected chi connectivity index (χ3v) is 5.20. The molecule has 1 atom stereocenters. The van der Waals surface area contributed by atoms with Gasteiger partial charge in [-0.05, 0) is 55.2 Å². The van der Waals surface area contributed by atoms with Crippen molar-refractivity contribution in [3.63, 3.8) is 0 Å². The molecule has 3 rings (SSSR count). The summed E-state index contributed by atoms with van der Waals surface area (Å²) in [5.74, 6) is 0.0528. The zero-order valence-corrected chi connectivity index (χ0v) is 17.0. The quantitative estimate of drug-likeness (QED) is 0.713. The number of para-hydroxylation sites is 1.